The molecule has 0 radical (unpaired) electrons. The molecule has 0 saturated heterocycles. The average molecular weight is 441 g/mol. The van der Waals surface area contributed by atoms with Gasteiger partial charge in [0.05, 0.1) is 17.3 Å². The third-order valence-electron chi connectivity index (χ3n) is 4.69. The number of nitrogens with zero attached hydrogens (tertiary/aromatic N) is 2. The first-order chi connectivity index (χ1) is 13.4. The lowest BCUT2D eigenvalue weighted by Crippen LogP contribution is -2.28. The largest absolute Gasteiger partial charge is 0.478 e. The van der Waals surface area contributed by atoms with Crippen molar-refractivity contribution in [3.63, 3.8) is 0 Å². The minimum absolute atomic E-state index is 0.110. The maximum Gasteiger partial charge on any atom is 0.331 e. The number of aryl methyl sites for hydroxylation is 1. The fraction of sp³-hybridized carbons (Fsp3) is 0.227. The van der Waals surface area contributed by atoms with Crippen molar-refractivity contribution in [3.8, 4) is 0 Å². The molecule has 0 fully saturated rings. The predicted octanol–water partition coefficient (Wildman–Crippen LogP) is 5.04. The molecule has 0 saturated carbocycles. The molecule has 0 spiro atoms. The van der Waals surface area contributed by atoms with Crippen molar-refractivity contribution in [2.75, 3.05) is 5.01 Å². The molecule has 5 nitrogen and oxygen atoms in total. The van der Waals surface area contributed by atoms with E-state index in [1.165, 1.54) is 5.01 Å². The molecule has 6 heteroatoms. The fourth-order valence-corrected chi connectivity index (χ4v) is 3.38. The molecule has 1 unspecified atom stereocenters. The van der Waals surface area contributed by atoms with E-state index in [1.807, 2.05) is 62.4 Å². The Bertz CT molecular complexity index is 947. The Morgan fingerprint density at radius 3 is 2.39 bits per heavy atom. The van der Waals surface area contributed by atoms with Gasteiger partial charge < -0.3 is 5.11 Å². The maximum atomic E-state index is 13.0. The minimum atomic E-state index is -1.03. The summed E-state index contributed by atoms with van der Waals surface area (Å²) in [5.74, 6) is -1.78. The molecule has 2 aromatic carbocycles. The molecule has 1 amide bonds. The molecule has 1 N–H and O–H groups in total. The van der Waals surface area contributed by atoms with Crippen LogP contribution in [0.25, 0.3) is 6.08 Å². The monoisotopic (exact) mass is 440 g/mol. The van der Waals surface area contributed by atoms with Crippen LogP contribution in [0.15, 0.2) is 63.7 Å². The van der Waals surface area contributed by atoms with E-state index in [9.17, 15) is 14.7 Å². The van der Waals surface area contributed by atoms with Gasteiger partial charge in [0.1, 0.15) is 0 Å². The Hall–Kier alpha value is -2.73. The van der Waals surface area contributed by atoms with Crippen LogP contribution in [-0.2, 0) is 9.59 Å². The summed E-state index contributed by atoms with van der Waals surface area (Å²) >= 11 is 3.37. The van der Waals surface area contributed by atoms with Gasteiger partial charge in [0.15, 0.2) is 0 Å². The molecule has 1 aliphatic heterocycles. The minimum Gasteiger partial charge on any atom is -0.478 e. The SMILES string of the molecule is CCC1=NN(c2ccc(C)cc2)C(=O)C1C/C(=C/c1ccc(Br)cc1)C(=O)O. The molecule has 0 aliphatic carbocycles. The first-order valence-electron chi connectivity index (χ1n) is 9.06. The van der Waals surface area contributed by atoms with Crippen LogP contribution in [0.4, 0.5) is 5.69 Å². The summed E-state index contributed by atoms with van der Waals surface area (Å²) in [5.41, 5.74) is 3.45. The molecule has 2 aromatic rings. The number of hydrogen-bond donors (Lipinski definition) is 1. The molecule has 1 heterocycles. The molecular formula is C22H21BrN2O3. The lowest BCUT2D eigenvalue weighted by Gasteiger charge is -2.15. The Morgan fingerprint density at radius 1 is 1.18 bits per heavy atom. The van der Waals surface area contributed by atoms with E-state index in [2.05, 4.69) is 21.0 Å². The van der Waals surface area contributed by atoms with Gasteiger partial charge in [-0.15, -0.1) is 0 Å². The number of aliphatic carboxylic acids is 1. The zero-order chi connectivity index (χ0) is 20.3. The van der Waals surface area contributed by atoms with Gasteiger partial charge in [0.25, 0.3) is 5.91 Å². The van der Waals surface area contributed by atoms with Crippen molar-refractivity contribution in [2.24, 2.45) is 11.0 Å². The Kier molecular flexibility index (Phi) is 6.09. The number of halogens is 1. The predicted molar refractivity (Wildman–Crippen MR) is 114 cm³/mol. The highest BCUT2D eigenvalue weighted by molar-refractivity contribution is 9.10. The van der Waals surface area contributed by atoms with E-state index in [1.54, 1.807) is 6.08 Å². The van der Waals surface area contributed by atoms with Crippen LogP contribution in [0.2, 0.25) is 0 Å². The lowest BCUT2D eigenvalue weighted by atomic mass is 9.92. The second kappa shape index (κ2) is 8.52. The summed E-state index contributed by atoms with van der Waals surface area (Å²) in [4.78, 5) is 24.8. The van der Waals surface area contributed by atoms with E-state index in [-0.39, 0.29) is 17.9 Å². The molecule has 3 rings (SSSR count). The van der Waals surface area contributed by atoms with Crippen molar-refractivity contribution in [3.05, 3.63) is 69.7 Å². The van der Waals surface area contributed by atoms with Crippen LogP contribution in [0.1, 0.15) is 30.9 Å². The smallest absolute Gasteiger partial charge is 0.331 e. The average Bonchev–Trinajstić information content (AvgIpc) is 2.99. The molecular weight excluding hydrogens is 420 g/mol. The summed E-state index contributed by atoms with van der Waals surface area (Å²) in [5, 5.41) is 15.5. The van der Waals surface area contributed by atoms with E-state index in [4.69, 9.17) is 0 Å². The second-order valence-corrected chi connectivity index (χ2v) is 7.63. The van der Waals surface area contributed by atoms with Gasteiger partial charge in [-0.2, -0.15) is 5.10 Å². The highest BCUT2D eigenvalue weighted by Gasteiger charge is 2.37. The van der Waals surface area contributed by atoms with Crippen molar-refractivity contribution in [1.82, 2.24) is 0 Å². The number of carboxylic acids is 1. The van der Waals surface area contributed by atoms with Gasteiger partial charge in [0.2, 0.25) is 0 Å². The highest BCUT2D eigenvalue weighted by Crippen LogP contribution is 2.30. The Morgan fingerprint density at radius 2 is 1.82 bits per heavy atom. The van der Waals surface area contributed by atoms with Crippen molar-refractivity contribution < 1.29 is 14.7 Å². The fourth-order valence-electron chi connectivity index (χ4n) is 3.12. The summed E-state index contributed by atoms with van der Waals surface area (Å²) in [6.45, 7) is 3.90. The number of hydrazone groups is 1. The molecule has 0 bridgehead atoms. The second-order valence-electron chi connectivity index (χ2n) is 6.71. The molecule has 1 aliphatic rings. The van der Waals surface area contributed by atoms with Gasteiger partial charge >= 0.3 is 5.97 Å². The number of carboxylic acid groups (broad SMARTS) is 1. The van der Waals surface area contributed by atoms with Crippen LogP contribution in [0.5, 0.6) is 0 Å². The number of hydrogen-bond acceptors (Lipinski definition) is 3. The van der Waals surface area contributed by atoms with Crippen molar-refractivity contribution in [2.45, 2.75) is 26.7 Å². The number of amides is 1. The molecule has 0 aromatic heterocycles. The van der Waals surface area contributed by atoms with Crippen LogP contribution in [0, 0.1) is 12.8 Å². The molecule has 144 valence electrons. The van der Waals surface area contributed by atoms with Gasteiger partial charge in [-0.05, 0) is 55.7 Å². The van der Waals surface area contributed by atoms with Crippen molar-refractivity contribution in [1.29, 1.82) is 0 Å². The first-order valence-corrected chi connectivity index (χ1v) is 9.85. The number of benzene rings is 2. The third kappa shape index (κ3) is 4.39. The molecule has 1 atom stereocenters. The maximum absolute atomic E-state index is 13.0. The number of carbonyl (C=O) groups is 2. The summed E-state index contributed by atoms with van der Waals surface area (Å²) in [7, 11) is 0. The van der Waals surface area contributed by atoms with Crippen molar-refractivity contribution >= 4 is 45.3 Å². The van der Waals surface area contributed by atoms with Crippen LogP contribution < -0.4 is 5.01 Å². The van der Waals surface area contributed by atoms with Crippen LogP contribution >= 0.6 is 15.9 Å². The standard InChI is InChI=1S/C22H21BrN2O3/c1-3-20-19(21(26)25(24-20)18-10-4-14(2)5-11-18)13-16(22(27)28)12-15-6-8-17(23)9-7-15/h4-12,19H,3,13H2,1-2H3,(H,27,28)/b16-12-. The quantitative estimate of drug-likeness (QED) is 0.639. The normalized spacial score (nSPS) is 17.0. The topological polar surface area (TPSA) is 70.0 Å². The zero-order valence-electron chi connectivity index (χ0n) is 15.7. The van der Waals surface area contributed by atoms with Gasteiger partial charge in [-0.3, -0.25) is 4.79 Å². The van der Waals surface area contributed by atoms with Gasteiger partial charge in [0, 0.05) is 10.0 Å². The summed E-state index contributed by atoms with van der Waals surface area (Å²) < 4.78 is 0.918. The number of rotatable bonds is 6. The first kappa shape index (κ1) is 20.0. The Labute approximate surface area is 172 Å². The molecule has 28 heavy (non-hydrogen) atoms. The van der Waals surface area contributed by atoms with E-state index >= 15 is 0 Å². The number of anilines is 1. The lowest BCUT2D eigenvalue weighted by molar-refractivity contribution is -0.132. The highest BCUT2D eigenvalue weighted by atomic mass is 79.9. The Balaban J connectivity index is 1.87. The van der Waals surface area contributed by atoms with Gasteiger partial charge in [-0.1, -0.05) is 52.7 Å². The van der Waals surface area contributed by atoms with E-state index in [0.29, 0.717) is 17.8 Å². The zero-order valence-corrected chi connectivity index (χ0v) is 17.3. The van der Waals surface area contributed by atoms with E-state index in [0.717, 1.165) is 15.6 Å². The third-order valence-corrected chi connectivity index (χ3v) is 5.22. The number of carbonyl (C=O) groups excluding carboxylic acids is 1. The van der Waals surface area contributed by atoms with E-state index < -0.39 is 11.9 Å². The summed E-state index contributed by atoms with van der Waals surface area (Å²) in [6.07, 6.45) is 2.31. The van der Waals surface area contributed by atoms with Crippen LogP contribution in [-0.4, -0.2) is 22.7 Å². The van der Waals surface area contributed by atoms with Crippen LogP contribution in [0.3, 0.4) is 0 Å². The summed E-state index contributed by atoms with van der Waals surface area (Å²) in [6, 6.07) is 14.9. The van der Waals surface area contributed by atoms with Gasteiger partial charge in [-0.25, -0.2) is 9.80 Å².